The van der Waals surface area contributed by atoms with Crippen molar-refractivity contribution < 1.29 is 0 Å². The molecule has 5 nitrogen and oxygen atoms in total. The molecule has 5 heteroatoms. The molecular weight excluding hydrogens is 310 g/mol. The summed E-state index contributed by atoms with van der Waals surface area (Å²) in [5.41, 5.74) is 9.17. The third-order valence-electron chi connectivity index (χ3n) is 4.64. The molecule has 1 aliphatic heterocycles. The molecule has 2 heterocycles. The number of hydrogen-bond donors (Lipinski definition) is 2. The molecule has 1 aliphatic rings. The molecule has 0 radical (unpaired) electrons. The van der Waals surface area contributed by atoms with E-state index >= 15 is 0 Å². The molecule has 132 valence electrons. The summed E-state index contributed by atoms with van der Waals surface area (Å²) in [5.74, 6) is 2.30. The lowest BCUT2D eigenvalue weighted by Gasteiger charge is -2.31. The van der Waals surface area contributed by atoms with Crippen molar-refractivity contribution in [2.45, 2.75) is 33.2 Å². The smallest absolute Gasteiger partial charge is 0.193 e. The van der Waals surface area contributed by atoms with E-state index in [1.165, 1.54) is 18.4 Å². The monoisotopic (exact) mass is 337 g/mol. The van der Waals surface area contributed by atoms with Crippen LogP contribution in [0, 0.1) is 12.8 Å². The maximum absolute atomic E-state index is 5.97. The van der Waals surface area contributed by atoms with E-state index in [1.54, 1.807) is 0 Å². The fourth-order valence-electron chi connectivity index (χ4n) is 3.02. The molecule has 2 aromatic rings. The quantitative estimate of drug-likeness (QED) is 0.661. The van der Waals surface area contributed by atoms with Crippen molar-refractivity contribution in [3.63, 3.8) is 0 Å². The van der Waals surface area contributed by atoms with E-state index < -0.39 is 0 Å². The Morgan fingerprint density at radius 2 is 2.08 bits per heavy atom. The number of aryl methyl sites for hydroxylation is 1. The lowest BCUT2D eigenvalue weighted by Crippen LogP contribution is -2.33. The molecule has 1 fully saturated rings. The van der Waals surface area contributed by atoms with Crippen LogP contribution in [0.1, 0.15) is 30.9 Å². The van der Waals surface area contributed by atoms with Crippen LogP contribution in [0.3, 0.4) is 0 Å². The fraction of sp³-hybridized carbons (Fsp3) is 0.400. The van der Waals surface area contributed by atoms with Crippen LogP contribution in [0.15, 0.2) is 47.6 Å². The SMILES string of the molecule is Cc1cccc(NC(N)=NCc2ccc(N3CCC(C)CC3)nc2)c1. The Bertz CT molecular complexity index is 715. The van der Waals surface area contributed by atoms with Gasteiger partial charge in [0.05, 0.1) is 6.54 Å². The molecule has 0 spiro atoms. The third-order valence-corrected chi connectivity index (χ3v) is 4.64. The first-order valence-corrected chi connectivity index (χ1v) is 8.93. The van der Waals surface area contributed by atoms with E-state index in [9.17, 15) is 0 Å². The number of pyridine rings is 1. The molecule has 3 rings (SSSR count). The van der Waals surface area contributed by atoms with Gasteiger partial charge in [-0.05, 0) is 55.0 Å². The first-order chi connectivity index (χ1) is 12.1. The van der Waals surface area contributed by atoms with Gasteiger partial charge in [-0.2, -0.15) is 0 Å². The van der Waals surface area contributed by atoms with Crippen molar-refractivity contribution in [1.82, 2.24) is 4.98 Å². The summed E-state index contributed by atoms with van der Waals surface area (Å²) < 4.78 is 0. The highest BCUT2D eigenvalue weighted by Gasteiger charge is 2.16. The lowest BCUT2D eigenvalue weighted by atomic mass is 9.99. The van der Waals surface area contributed by atoms with Crippen LogP contribution in [-0.2, 0) is 6.54 Å². The second kappa shape index (κ2) is 8.01. The van der Waals surface area contributed by atoms with Crippen LogP contribution in [-0.4, -0.2) is 24.0 Å². The predicted molar refractivity (Wildman–Crippen MR) is 105 cm³/mol. The molecule has 0 atom stereocenters. The summed E-state index contributed by atoms with van der Waals surface area (Å²) in [5, 5.41) is 3.12. The Morgan fingerprint density at radius 3 is 2.76 bits per heavy atom. The minimum absolute atomic E-state index is 0.416. The van der Waals surface area contributed by atoms with Crippen LogP contribution >= 0.6 is 0 Å². The molecule has 0 unspecified atom stereocenters. The van der Waals surface area contributed by atoms with Gasteiger partial charge in [-0.25, -0.2) is 9.98 Å². The third kappa shape index (κ3) is 4.95. The van der Waals surface area contributed by atoms with Crippen molar-refractivity contribution in [2.24, 2.45) is 16.6 Å². The number of nitrogens with one attached hydrogen (secondary N) is 1. The summed E-state index contributed by atoms with van der Waals surface area (Å²) in [6.07, 6.45) is 4.39. The number of aromatic nitrogens is 1. The van der Waals surface area contributed by atoms with Crippen molar-refractivity contribution in [1.29, 1.82) is 0 Å². The van der Waals surface area contributed by atoms with E-state index in [4.69, 9.17) is 5.73 Å². The number of anilines is 2. The van der Waals surface area contributed by atoms with Gasteiger partial charge in [0.1, 0.15) is 5.82 Å². The minimum atomic E-state index is 0.416. The first kappa shape index (κ1) is 17.3. The van der Waals surface area contributed by atoms with Gasteiger partial charge in [-0.1, -0.05) is 25.1 Å². The summed E-state index contributed by atoms with van der Waals surface area (Å²) >= 11 is 0. The number of piperidine rings is 1. The molecule has 0 saturated carbocycles. The van der Waals surface area contributed by atoms with Gasteiger partial charge in [0, 0.05) is 25.0 Å². The van der Waals surface area contributed by atoms with Gasteiger partial charge in [0.15, 0.2) is 5.96 Å². The van der Waals surface area contributed by atoms with Crippen LogP contribution in [0.4, 0.5) is 11.5 Å². The zero-order chi connectivity index (χ0) is 17.6. The Kier molecular flexibility index (Phi) is 5.53. The second-order valence-electron chi connectivity index (χ2n) is 6.89. The van der Waals surface area contributed by atoms with Gasteiger partial charge in [0.2, 0.25) is 0 Å². The number of hydrogen-bond acceptors (Lipinski definition) is 3. The zero-order valence-corrected chi connectivity index (χ0v) is 15.1. The Balaban J connectivity index is 1.56. The molecule has 1 saturated heterocycles. The summed E-state index contributed by atoms with van der Waals surface area (Å²) in [4.78, 5) is 11.4. The van der Waals surface area contributed by atoms with Crippen LogP contribution < -0.4 is 16.0 Å². The molecule has 0 aliphatic carbocycles. The van der Waals surface area contributed by atoms with Gasteiger partial charge in [-0.15, -0.1) is 0 Å². The predicted octanol–water partition coefficient (Wildman–Crippen LogP) is 3.55. The van der Waals surface area contributed by atoms with Crippen molar-refractivity contribution >= 4 is 17.5 Å². The average Bonchev–Trinajstić information content (AvgIpc) is 2.61. The Morgan fingerprint density at radius 1 is 1.28 bits per heavy atom. The normalized spacial score (nSPS) is 16.1. The molecule has 0 bridgehead atoms. The zero-order valence-electron chi connectivity index (χ0n) is 15.1. The maximum atomic E-state index is 5.97. The average molecular weight is 337 g/mol. The molecule has 1 aromatic heterocycles. The standard InChI is InChI=1S/C20H27N5/c1-15-8-10-25(11-9-15)19-7-6-17(13-22-19)14-23-20(21)24-18-5-3-4-16(2)12-18/h3-7,12-13,15H,8-11,14H2,1-2H3,(H3,21,23,24). The largest absolute Gasteiger partial charge is 0.370 e. The number of nitrogens with zero attached hydrogens (tertiary/aromatic N) is 3. The second-order valence-corrected chi connectivity index (χ2v) is 6.89. The molecule has 3 N–H and O–H groups in total. The number of aliphatic imine (C=N–C) groups is 1. The van der Waals surface area contributed by atoms with E-state index in [1.807, 2.05) is 24.4 Å². The molecule has 25 heavy (non-hydrogen) atoms. The summed E-state index contributed by atoms with van der Waals surface area (Å²) in [7, 11) is 0. The van der Waals surface area contributed by atoms with Crippen LogP contribution in [0.2, 0.25) is 0 Å². The van der Waals surface area contributed by atoms with Gasteiger partial charge < -0.3 is 16.0 Å². The van der Waals surface area contributed by atoms with Crippen molar-refractivity contribution in [3.05, 3.63) is 53.7 Å². The van der Waals surface area contributed by atoms with Crippen molar-refractivity contribution in [3.8, 4) is 0 Å². The Labute approximate surface area is 150 Å². The summed E-state index contributed by atoms with van der Waals surface area (Å²) in [6, 6.07) is 12.2. The summed E-state index contributed by atoms with van der Waals surface area (Å²) in [6.45, 7) is 7.09. The number of benzene rings is 1. The van der Waals surface area contributed by atoms with Gasteiger partial charge in [0.25, 0.3) is 0 Å². The van der Waals surface area contributed by atoms with Gasteiger partial charge in [-0.3, -0.25) is 0 Å². The highest BCUT2D eigenvalue weighted by molar-refractivity contribution is 5.92. The van der Waals surface area contributed by atoms with E-state index in [0.29, 0.717) is 12.5 Å². The highest BCUT2D eigenvalue weighted by Crippen LogP contribution is 2.21. The minimum Gasteiger partial charge on any atom is -0.370 e. The maximum Gasteiger partial charge on any atom is 0.193 e. The molecule has 0 amide bonds. The number of guanidine groups is 1. The number of nitrogens with two attached hydrogens (primary N) is 1. The molecular formula is C20H27N5. The van der Waals surface area contributed by atoms with Gasteiger partial charge >= 0.3 is 0 Å². The van der Waals surface area contributed by atoms with E-state index in [2.05, 4.69) is 52.2 Å². The van der Waals surface area contributed by atoms with Crippen molar-refractivity contribution in [2.75, 3.05) is 23.3 Å². The first-order valence-electron chi connectivity index (χ1n) is 8.93. The van der Waals surface area contributed by atoms with Crippen LogP contribution in [0.25, 0.3) is 0 Å². The highest BCUT2D eigenvalue weighted by atomic mass is 15.2. The lowest BCUT2D eigenvalue weighted by molar-refractivity contribution is 0.436. The molecule has 1 aromatic carbocycles. The number of rotatable bonds is 4. The van der Waals surface area contributed by atoms with Crippen LogP contribution in [0.5, 0.6) is 0 Å². The van der Waals surface area contributed by atoms with E-state index in [0.717, 1.165) is 36.1 Å². The fourth-order valence-corrected chi connectivity index (χ4v) is 3.02. The topological polar surface area (TPSA) is 66.5 Å². The van der Waals surface area contributed by atoms with E-state index in [-0.39, 0.29) is 0 Å². The Hall–Kier alpha value is -2.56.